The van der Waals surface area contributed by atoms with Gasteiger partial charge in [0.05, 0.1) is 0 Å². The van der Waals surface area contributed by atoms with Gasteiger partial charge in [-0.15, -0.1) is 0 Å². The predicted molar refractivity (Wildman–Crippen MR) is 32.4 cm³/mol. The molecule has 66 valence electrons. The topological polar surface area (TPSA) is 71.1 Å². The van der Waals surface area contributed by atoms with E-state index in [2.05, 4.69) is 18.9 Å². The fourth-order valence-electron chi connectivity index (χ4n) is 1.05. The zero-order valence-corrected chi connectivity index (χ0v) is 6.02. The van der Waals surface area contributed by atoms with Crippen molar-refractivity contribution in [2.45, 2.75) is 12.2 Å². The fourth-order valence-corrected chi connectivity index (χ4v) is 1.05. The molecule has 2 heterocycles. The molecular weight excluding hydrogens is 168 g/mol. The maximum atomic E-state index is 10.5. The molecule has 6 heteroatoms. The third kappa shape index (κ3) is 1.15. The largest absolute Gasteiger partial charge is 0.508 e. The molecule has 0 radical (unpaired) electrons. The zero-order chi connectivity index (χ0) is 8.55. The number of hydrogen-bond donors (Lipinski definition) is 0. The Kier molecular flexibility index (Phi) is 1.53. The van der Waals surface area contributed by atoms with Crippen LogP contribution in [-0.4, -0.2) is 37.7 Å². The number of ether oxygens (including phenoxy) is 4. The average Bonchev–Trinajstić information content (AvgIpc) is 2.58. The van der Waals surface area contributed by atoms with Gasteiger partial charge in [0.25, 0.3) is 0 Å². The SMILES string of the molecule is O=C1OC[C@@H]([C@H]2COC(=O)O2)O1. The molecule has 12 heavy (non-hydrogen) atoms. The van der Waals surface area contributed by atoms with E-state index >= 15 is 0 Å². The number of rotatable bonds is 1. The lowest BCUT2D eigenvalue weighted by Gasteiger charge is -2.09. The van der Waals surface area contributed by atoms with Crippen molar-refractivity contribution in [2.24, 2.45) is 0 Å². The molecule has 0 aromatic rings. The highest BCUT2D eigenvalue weighted by atomic mass is 16.8. The molecule has 2 rings (SSSR count). The smallest absolute Gasteiger partial charge is 0.430 e. The quantitative estimate of drug-likeness (QED) is 0.523. The van der Waals surface area contributed by atoms with Crippen LogP contribution in [0.2, 0.25) is 0 Å². The molecule has 0 saturated carbocycles. The number of carbonyl (C=O) groups is 2. The van der Waals surface area contributed by atoms with Crippen LogP contribution in [0.3, 0.4) is 0 Å². The summed E-state index contributed by atoms with van der Waals surface area (Å²) in [5.41, 5.74) is 0. The average molecular weight is 174 g/mol. The molecule has 2 fully saturated rings. The van der Waals surface area contributed by atoms with E-state index in [0.717, 1.165) is 0 Å². The molecule has 0 amide bonds. The third-order valence-electron chi connectivity index (χ3n) is 1.64. The van der Waals surface area contributed by atoms with Crippen LogP contribution in [0.5, 0.6) is 0 Å². The van der Waals surface area contributed by atoms with Gasteiger partial charge >= 0.3 is 12.3 Å². The minimum atomic E-state index is -0.733. The van der Waals surface area contributed by atoms with Crippen LogP contribution in [0.15, 0.2) is 0 Å². The molecule has 2 saturated heterocycles. The molecule has 0 aromatic heterocycles. The van der Waals surface area contributed by atoms with E-state index < -0.39 is 24.5 Å². The van der Waals surface area contributed by atoms with Crippen molar-refractivity contribution in [2.75, 3.05) is 13.2 Å². The highest BCUT2D eigenvalue weighted by Gasteiger charge is 2.39. The lowest BCUT2D eigenvalue weighted by Crippen LogP contribution is -2.30. The summed E-state index contributed by atoms with van der Waals surface area (Å²) in [4.78, 5) is 20.9. The molecule has 6 nitrogen and oxygen atoms in total. The molecule has 0 unspecified atom stereocenters. The summed E-state index contributed by atoms with van der Waals surface area (Å²) in [5, 5.41) is 0. The summed E-state index contributed by atoms with van der Waals surface area (Å²) in [7, 11) is 0. The second-order valence-corrected chi connectivity index (χ2v) is 2.43. The molecule has 0 N–H and O–H groups in total. The summed E-state index contributed by atoms with van der Waals surface area (Å²) in [5.74, 6) is 0. The van der Waals surface area contributed by atoms with Crippen molar-refractivity contribution in [3.8, 4) is 0 Å². The number of cyclic esters (lactones) is 4. The summed E-state index contributed by atoms with van der Waals surface area (Å²) in [6.45, 7) is 0.223. The van der Waals surface area contributed by atoms with Crippen LogP contribution in [0.25, 0.3) is 0 Å². The van der Waals surface area contributed by atoms with Crippen LogP contribution in [0, 0.1) is 0 Å². The Bertz CT molecular complexity index is 200. The molecule has 0 bridgehead atoms. The van der Waals surface area contributed by atoms with Crippen molar-refractivity contribution >= 4 is 12.3 Å². The number of carbonyl (C=O) groups excluding carboxylic acids is 2. The van der Waals surface area contributed by atoms with Gasteiger partial charge < -0.3 is 18.9 Å². The second kappa shape index (κ2) is 2.54. The van der Waals surface area contributed by atoms with E-state index in [9.17, 15) is 9.59 Å². The van der Waals surface area contributed by atoms with Crippen molar-refractivity contribution in [1.82, 2.24) is 0 Å². The molecule has 0 aliphatic carbocycles. The van der Waals surface area contributed by atoms with Gasteiger partial charge in [-0.25, -0.2) is 9.59 Å². The third-order valence-corrected chi connectivity index (χ3v) is 1.64. The van der Waals surface area contributed by atoms with Gasteiger partial charge in [0.15, 0.2) is 12.2 Å². The summed E-state index contributed by atoms with van der Waals surface area (Å²) >= 11 is 0. The van der Waals surface area contributed by atoms with E-state index in [1.807, 2.05) is 0 Å². The van der Waals surface area contributed by atoms with E-state index in [1.54, 1.807) is 0 Å². The van der Waals surface area contributed by atoms with Gasteiger partial charge in [-0.1, -0.05) is 0 Å². The maximum absolute atomic E-state index is 10.5. The van der Waals surface area contributed by atoms with Gasteiger partial charge in [0.2, 0.25) is 0 Å². The van der Waals surface area contributed by atoms with Crippen molar-refractivity contribution < 1.29 is 28.5 Å². The maximum Gasteiger partial charge on any atom is 0.508 e. The zero-order valence-electron chi connectivity index (χ0n) is 6.02. The van der Waals surface area contributed by atoms with Crippen LogP contribution in [0.4, 0.5) is 9.59 Å². The monoisotopic (exact) mass is 174 g/mol. The first-order chi connectivity index (χ1) is 5.75. The highest BCUT2D eigenvalue weighted by molar-refractivity contribution is 5.64. The first-order valence-electron chi connectivity index (χ1n) is 3.42. The number of hydrogen-bond acceptors (Lipinski definition) is 6. The van der Waals surface area contributed by atoms with Crippen molar-refractivity contribution in [3.05, 3.63) is 0 Å². The first kappa shape index (κ1) is 7.20. The minimum Gasteiger partial charge on any atom is -0.430 e. The van der Waals surface area contributed by atoms with Crippen LogP contribution < -0.4 is 0 Å². The molecule has 2 aliphatic rings. The second-order valence-electron chi connectivity index (χ2n) is 2.43. The molecule has 0 aromatic carbocycles. The molecule has 2 aliphatic heterocycles. The lowest BCUT2D eigenvalue weighted by molar-refractivity contribution is 0.0434. The van der Waals surface area contributed by atoms with Crippen LogP contribution in [0.1, 0.15) is 0 Å². The Labute approximate surface area is 67.3 Å². The van der Waals surface area contributed by atoms with Crippen molar-refractivity contribution in [3.63, 3.8) is 0 Å². The fraction of sp³-hybridized carbons (Fsp3) is 0.667. The van der Waals surface area contributed by atoms with E-state index in [0.29, 0.717) is 0 Å². The lowest BCUT2D eigenvalue weighted by atomic mass is 10.2. The summed E-state index contributed by atoms with van der Waals surface area (Å²) < 4.78 is 18.4. The molecule has 0 spiro atoms. The molecular formula is C6H6O6. The Morgan fingerprint density at radius 2 is 1.33 bits per heavy atom. The van der Waals surface area contributed by atoms with E-state index in [4.69, 9.17) is 0 Å². The minimum absolute atomic E-state index is 0.111. The Morgan fingerprint density at radius 1 is 0.917 bits per heavy atom. The Morgan fingerprint density at radius 3 is 1.58 bits per heavy atom. The Balaban J connectivity index is 1.93. The Hall–Kier alpha value is -1.46. The van der Waals surface area contributed by atoms with E-state index in [-0.39, 0.29) is 13.2 Å². The van der Waals surface area contributed by atoms with Crippen molar-refractivity contribution in [1.29, 1.82) is 0 Å². The van der Waals surface area contributed by atoms with Gasteiger partial charge in [0, 0.05) is 0 Å². The van der Waals surface area contributed by atoms with Crippen LogP contribution in [-0.2, 0) is 18.9 Å². The van der Waals surface area contributed by atoms with Gasteiger partial charge in [0.1, 0.15) is 13.2 Å². The standard InChI is InChI=1S/C6H6O6/c7-5-9-1-3(11-5)4-2-10-6(8)12-4/h3-4H,1-2H2/t3-,4+. The van der Waals surface area contributed by atoms with Gasteiger partial charge in [-0.05, 0) is 0 Å². The first-order valence-corrected chi connectivity index (χ1v) is 3.42. The predicted octanol–water partition coefficient (Wildman–Crippen LogP) is 0.0572. The molecule has 2 atom stereocenters. The van der Waals surface area contributed by atoms with Gasteiger partial charge in [-0.2, -0.15) is 0 Å². The summed E-state index contributed by atoms with van der Waals surface area (Å²) in [6, 6.07) is 0. The van der Waals surface area contributed by atoms with Gasteiger partial charge in [-0.3, -0.25) is 0 Å². The summed E-state index contributed by atoms with van der Waals surface area (Å²) in [6.07, 6.45) is -2.52. The highest BCUT2D eigenvalue weighted by Crippen LogP contribution is 2.17. The van der Waals surface area contributed by atoms with E-state index in [1.165, 1.54) is 0 Å². The normalized spacial score (nSPS) is 33.7. The van der Waals surface area contributed by atoms with Crippen LogP contribution >= 0.6 is 0 Å².